The van der Waals surface area contributed by atoms with Gasteiger partial charge < -0.3 is 15.5 Å². The second-order valence-electron chi connectivity index (χ2n) is 4.97. The maximum Gasteiger partial charge on any atom is 0.330 e. The van der Waals surface area contributed by atoms with E-state index in [4.69, 9.17) is 10.4 Å². The third-order valence-corrected chi connectivity index (χ3v) is 2.90. The Morgan fingerprint density at radius 1 is 1.12 bits per heavy atom. The Kier molecular flexibility index (Phi) is 3.66. The van der Waals surface area contributed by atoms with Crippen molar-refractivity contribution >= 4 is 18.6 Å². The standard InChI is InChI=1S/C12H19BNO2/c1-11(2,15)12(3,4)16-13-9-5-7-10(14)8-6-9/h5-8,15H,14H2,1-4H3. The van der Waals surface area contributed by atoms with E-state index in [0.717, 1.165) is 11.2 Å². The van der Waals surface area contributed by atoms with Gasteiger partial charge in [-0.05, 0) is 39.8 Å². The van der Waals surface area contributed by atoms with Gasteiger partial charge in [-0.15, -0.1) is 0 Å². The van der Waals surface area contributed by atoms with E-state index in [-0.39, 0.29) is 0 Å². The van der Waals surface area contributed by atoms with E-state index in [0.29, 0.717) is 0 Å². The maximum absolute atomic E-state index is 9.90. The zero-order chi connectivity index (χ0) is 12.4. The molecule has 0 fully saturated rings. The highest BCUT2D eigenvalue weighted by molar-refractivity contribution is 6.47. The van der Waals surface area contributed by atoms with Gasteiger partial charge in [0.05, 0.1) is 11.2 Å². The van der Waals surface area contributed by atoms with Crippen molar-refractivity contribution in [2.45, 2.75) is 38.9 Å². The van der Waals surface area contributed by atoms with Crippen LogP contribution in [0.2, 0.25) is 0 Å². The number of benzene rings is 1. The molecule has 4 heteroatoms. The van der Waals surface area contributed by atoms with Gasteiger partial charge >= 0.3 is 7.48 Å². The lowest BCUT2D eigenvalue weighted by atomic mass is 9.82. The first-order chi connectivity index (χ1) is 7.22. The Labute approximate surface area is 97.9 Å². The first-order valence-corrected chi connectivity index (χ1v) is 5.31. The quantitative estimate of drug-likeness (QED) is 0.589. The Morgan fingerprint density at radius 3 is 2.06 bits per heavy atom. The number of aliphatic hydroxyl groups is 1. The monoisotopic (exact) mass is 220 g/mol. The average Bonchev–Trinajstić information content (AvgIpc) is 2.15. The van der Waals surface area contributed by atoms with Crippen LogP contribution in [0.15, 0.2) is 24.3 Å². The fraction of sp³-hybridized carbons (Fsp3) is 0.500. The highest BCUT2D eigenvalue weighted by atomic mass is 16.5. The Bertz CT molecular complexity index is 341. The molecule has 0 amide bonds. The predicted molar refractivity (Wildman–Crippen MR) is 67.7 cm³/mol. The minimum absolute atomic E-state index is 0.644. The zero-order valence-electron chi connectivity index (χ0n) is 10.3. The molecule has 1 aromatic carbocycles. The lowest BCUT2D eigenvalue weighted by molar-refractivity contribution is -0.0893. The van der Waals surface area contributed by atoms with Gasteiger partial charge in [-0.2, -0.15) is 0 Å². The normalized spacial score (nSPS) is 12.6. The van der Waals surface area contributed by atoms with Crippen molar-refractivity contribution in [3.8, 4) is 0 Å². The predicted octanol–water partition coefficient (Wildman–Crippen LogP) is 1.08. The molecular formula is C12H19BNO2. The van der Waals surface area contributed by atoms with Crippen molar-refractivity contribution < 1.29 is 9.76 Å². The van der Waals surface area contributed by atoms with Crippen LogP contribution in [0.25, 0.3) is 0 Å². The number of anilines is 1. The molecule has 0 saturated heterocycles. The van der Waals surface area contributed by atoms with Gasteiger partial charge in [0.2, 0.25) is 0 Å². The minimum atomic E-state index is -0.905. The van der Waals surface area contributed by atoms with E-state index in [2.05, 4.69) is 0 Å². The number of nitrogen functional groups attached to an aromatic ring is 1. The highest BCUT2D eigenvalue weighted by Crippen LogP contribution is 2.24. The first kappa shape index (κ1) is 13.1. The molecule has 0 heterocycles. The molecule has 1 aromatic rings. The summed E-state index contributed by atoms with van der Waals surface area (Å²) in [7, 11) is 1.64. The Morgan fingerprint density at radius 2 is 1.62 bits per heavy atom. The molecule has 0 spiro atoms. The summed E-state index contributed by atoms with van der Waals surface area (Å²) in [5.74, 6) is 0. The molecule has 1 radical (unpaired) electrons. The summed E-state index contributed by atoms with van der Waals surface area (Å²) in [6, 6.07) is 7.37. The second-order valence-corrected chi connectivity index (χ2v) is 4.97. The van der Waals surface area contributed by atoms with Gasteiger partial charge in [-0.25, -0.2) is 0 Å². The molecule has 3 nitrogen and oxygen atoms in total. The molecular weight excluding hydrogens is 201 g/mol. The SMILES string of the molecule is CC(C)(O)C(C)(C)O[B]c1ccc(N)cc1. The first-order valence-electron chi connectivity index (χ1n) is 5.31. The molecule has 87 valence electrons. The van der Waals surface area contributed by atoms with E-state index in [1.54, 1.807) is 21.3 Å². The van der Waals surface area contributed by atoms with Gasteiger partial charge in [0.25, 0.3) is 0 Å². The molecule has 0 aliphatic rings. The third-order valence-electron chi connectivity index (χ3n) is 2.90. The molecule has 0 saturated carbocycles. The van der Waals surface area contributed by atoms with Crippen molar-refractivity contribution in [2.24, 2.45) is 0 Å². The van der Waals surface area contributed by atoms with Crippen LogP contribution >= 0.6 is 0 Å². The number of hydrogen-bond donors (Lipinski definition) is 2. The van der Waals surface area contributed by atoms with E-state index in [9.17, 15) is 5.11 Å². The highest BCUT2D eigenvalue weighted by Gasteiger charge is 2.35. The van der Waals surface area contributed by atoms with Gasteiger partial charge in [0.1, 0.15) is 0 Å². The van der Waals surface area contributed by atoms with Crippen LogP contribution in [-0.4, -0.2) is 23.8 Å². The average molecular weight is 220 g/mol. The van der Waals surface area contributed by atoms with Crippen LogP contribution in [0.1, 0.15) is 27.7 Å². The minimum Gasteiger partial charge on any atom is -0.427 e. The molecule has 0 aromatic heterocycles. The van der Waals surface area contributed by atoms with Gasteiger partial charge in [-0.1, -0.05) is 17.6 Å². The summed E-state index contributed by atoms with van der Waals surface area (Å²) in [6.45, 7) is 7.15. The van der Waals surface area contributed by atoms with Crippen molar-refractivity contribution in [2.75, 3.05) is 5.73 Å². The lowest BCUT2D eigenvalue weighted by Crippen LogP contribution is -2.49. The zero-order valence-corrected chi connectivity index (χ0v) is 10.3. The van der Waals surface area contributed by atoms with Gasteiger partial charge in [0.15, 0.2) is 0 Å². The molecule has 0 aliphatic heterocycles. The van der Waals surface area contributed by atoms with Crippen LogP contribution in [-0.2, 0) is 4.65 Å². The van der Waals surface area contributed by atoms with Gasteiger partial charge in [-0.3, -0.25) is 0 Å². The van der Waals surface area contributed by atoms with Crippen LogP contribution < -0.4 is 11.2 Å². The molecule has 1 rings (SSSR count). The van der Waals surface area contributed by atoms with E-state index < -0.39 is 11.2 Å². The Balaban J connectivity index is 2.61. The summed E-state index contributed by atoms with van der Waals surface area (Å²) in [5.41, 5.74) is 5.68. The fourth-order valence-corrected chi connectivity index (χ4v) is 0.934. The van der Waals surface area contributed by atoms with Crippen LogP contribution in [0.4, 0.5) is 5.69 Å². The van der Waals surface area contributed by atoms with Crippen molar-refractivity contribution in [1.29, 1.82) is 0 Å². The van der Waals surface area contributed by atoms with E-state index in [1.165, 1.54) is 0 Å². The topological polar surface area (TPSA) is 55.5 Å². The van der Waals surface area contributed by atoms with E-state index >= 15 is 0 Å². The number of rotatable bonds is 4. The van der Waals surface area contributed by atoms with Crippen LogP contribution in [0.5, 0.6) is 0 Å². The summed E-state index contributed by atoms with van der Waals surface area (Å²) < 4.78 is 5.60. The molecule has 0 aliphatic carbocycles. The molecule has 0 unspecified atom stereocenters. The molecule has 0 atom stereocenters. The second kappa shape index (κ2) is 4.48. The summed E-state index contributed by atoms with van der Waals surface area (Å²) in [4.78, 5) is 0. The number of hydrogen-bond acceptors (Lipinski definition) is 3. The smallest absolute Gasteiger partial charge is 0.330 e. The van der Waals surface area contributed by atoms with Crippen LogP contribution in [0, 0.1) is 0 Å². The maximum atomic E-state index is 9.90. The van der Waals surface area contributed by atoms with Crippen molar-refractivity contribution in [3.05, 3.63) is 24.3 Å². The van der Waals surface area contributed by atoms with Gasteiger partial charge in [0, 0.05) is 5.69 Å². The number of nitrogens with two attached hydrogens (primary N) is 1. The Hall–Kier alpha value is -0.995. The van der Waals surface area contributed by atoms with Crippen molar-refractivity contribution in [3.63, 3.8) is 0 Å². The fourth-order valence-electron chi connectivity index (χ4n) is 0.934. The summed E-state index contributed by atoms with van der Waals surface area (Å²) in [6.07, 6.45) is 0. The molecule has 3 N–H and O–H groups in total. The van der Waals surface area contributed by atoms with E-state index in [1.807, 2.05) is 38.1 Å². The lowest BCUT2D eigenvalue weighted by Gasteiger charge is -2.37. The largest absolute Gasteiger partial charge is 0.427 e. The van der Waals surface area contributed by atoms with Crippen molar-refractivity contribution in [1.82, 2.24) is 0 Å². The van der Waals surface area contributed by atoms with Crippen LogP contribution in [0.3, 0.4) is 0 Å². The third kappa shape index (κ3) is 3.25. The molecule has 16 heavy (non-hydrogen) atoms. The summed E-state index contributed by atoms with van der Waals surface area (Å²) >= 11 is 0. The summed E-state index contributed by atoms with van der Waals surface area (Å²) in [5, 5.41) is 9.90. The molecule has 0 bridgehead atoms.